The number of rotatable bonds is 7. The number of hydrogen-bond acceptors (Lipinski definition) is 7. The van der Waals surface area contributed by atoms with Gasteiger partial charge in [0, 0.05) is 16.1 Å². The van der Waals surface area contributed by atoms with Gasteiger partial charge in [-0.2, -0.15) is 10.4 Å². The maximum Gasteiger partial charge on any atom is 0.341 e. The molecule has 0 saturated heterocycles. The number of anilines is 1. The summed E-state index contributed by atoms with van der Waals surface area (Å²) >= 11 is 9.32. The Kier molecular flexibility index (Phi) is 7.02. The molecule has 1 aromatic heterocycles. The molecule has 9 nitrogen and oxygen atoms in total. The van der Waals surface area contributed by atoms with E-state index >= 15 is 0 Å². The number of carbonyl (C=O) groups is 1. The molecule has 0 aliphatic heterocycles. The highest BCUT2D eigenvalue weighted by atomic mass is 79.9. The highest BCUT2D eigenvalue weighted by Crippen LogP contribution is 2.32. The number of carboxylic acid groups (broad SMARTS) is 1. The lowest BCUT2D eigenvalue weighted by atomic mass is 10.1. The third-order valence-electron chi connectivity index (χ3n) is 3.83. The van der Waals surface area contributed by atoms with E-state index in [1.165, 1.54) is 12.3 Å². The van der Waals surface area contributed by atoms with Gasteiger partial charge < -0.3 is 9.84 Å². The van der Waals surface area contributed by atoms with E-state index in [-0.39, 0.29) is 23.0 Å². The van der Waals surface area contributed by atoms with Crippen molar-refractivity contribution in [2.24, 2.45) is 5.10 Å². The number of halogens is 2. The van der Waals surface area contributed by atoms with E-state index < -0.39 is 18.1 Å². The van der Waals surface area contributed by atoms with Crippen LogP contribution in [0.3, 0.4) is 0 Å². The highest BCUT2D eigenvalue weighted by molar-refractivity contribution is 9.10. The van der Waals surface area contributed by atoms with Crippen LogP contribution in [0, 0.1) is 11.3 Å². The number of aromatic nitrogens is 2. The average Bonchev–Trinajstić information content (AvgIpc) is 2.73. The number of hydrogen-bond donors (Lipinski definition) is 3. The van der Waals surface area contributed by atoms with Crippen LogP contribution in [-0.2, 0) is 4.79 Å². The second kappa shape index (κ2) is 9.88. The monoisotopic (exact) mass is 501 g/mol. The first kappa shape index (κ1) is 22.0. The molecule has 31 heavy (non-hydrogen) atoms. The van der Waals surface area contributed by atoms with Crippen molar-refractivity contribution < 1.29 is 14.6 Å². The molecule has 0 spiro atoms. The first-order valence-electron chi connectivity index (χ1n) is 8.61. The fourth-order valence-corrected chi connectivity index (χ4v) is 3.51. The van der Waals surface area contributed by atoms with Gasteiger partial charge in [0.15, 0.2) is 6.61 Å². The van der Waals surface area contributed by atoms with Gasteiger partial charge in [0.25, 0.3) is 5.56 Å². The van der Waals surface area contributed by atoms with E-state index in [0.717, 1.165) is 0 Å². The minimum atomic E-state index is -1.14. The quantitative estimate of drug-likeness (QED) is 0.331. The predicted octanol–water partition coefficient (Wildman–Crippen LogP) is 3.63. The first-order valence-corrected chi connectivity index (χ1v) is 9.78. The van der Waals surface area contributed by atoms with Crippen molar-refractivity contribution in [3.05, 3.63) is 73.4 Å². The molecular weight excluding hydrogens is 490 g/mol. The Hall–Kier alpha value is -3.68. The van der Waals surface area contributed by atoms with Crippen LogP contribution in [0.2, 0.25) is 5.02 Å². The van der Waals surface area contributed by atoms with Crippen molar-refractivity contribution in [3.63, 3.8) is 0 Å². The maximum absolute atomic E-state index is 12.3. The van der Waals surface area contributed by atoms with E-state index in [0.29, 0.717) is 20.6 Å². The third kappa shape index (κ3) is 5.48. The van der Waals surface area contributed by atoms with Crippen LogP contribution >= 0.6 is 27.5 Å². The Morgan fingerprint density at radius 1 is 1.39 bits per heavy atom. The molecule has 0 radical (unpaired) electrons. The number of benzene rings is 2. The summed E-state index contributed by atoms with van der Waals surface area (Å²) in [4.78, 5) is 29.8. The molecule has 11 heteroatoms. The van der Waals surface area contributed by atoms with Crippen LogP contribution < -0.4 is 15.7 Å². The highest BCUT2D eigenvalue weighted by Gasteiger charge is 2.14. The summed E-state index contributed by atoms with van der Waals surface area (Å²) in [5.74, 6) is -0.910. The van der Waals surface area contributed by atoms with Gasteiger partial charge in [-0.3, -0.25) is 9.78 Å². The topological polar surface area (TPSA) is 140 Å². The van der Waals surface area contributed by atoms with Crippen molar-refractivity contribution in [2.45, 2.75) is 0 Å². The molecule has 0 unspecified atom stereocenters. The number of nitrogens with one attached hydrogen (secondary N) is 2. The minimum absolute atomic E-state index is 0.00759. The van der Waals surface area contributed by atoms with E-state index in [1.807, 2.05) is 6.07 Å². The Balaban J connectivity index is 1.92. The number of aromatic amines is 1. The molecule has 0 saturated carbocycles. The van der Waals surface area contributed by atoms with Gasteiger partial charge in [-0.1, -0.05) is 41.9 Å². The molecular formula is C20H13BrClN5O4. The molecule has 3 N–H and O–H groups in total. The van der Waals surface area contributed by atoms with Crippen LogP contribution in [0.4, 0.5) is 5.95 Å². The normalized spacial score (nSPS) is 10.6. The largest absolute Gasteiger partial charge is 0.480 e. The lowest BCUT2D eigenvalue weighted by molar-refractivity contribution is -0.139. The van der Waals surface area contributed by atoms with Gasteiger partial charge in [-0.15, -0.1) is 0 Å². The van der Waals surface area contributed by atoms with Gasteiger partial charge in [0.2, 0.25) is 5.95 Å². The SMILES string of the molecule is N#Cc1c(-c2ccccc2)nc(NN=Cc2cc(Cl)cc(Br)c2OCC(=O)O)[nH]c1=O. The molecule has 1 heterocycles. The average molecular weight is 503 g/mol. The summed E-state index contributed by atoms with van der Waals surface area (Å²) in [6.07, 6.45) is 1.33. The molecule has 0 amide bonds. The van der Waals surface area contributed by atoms with Gasteiger partial charge in [0.05, 0.1) is 16.4 Å². The fourth-order valence-electron chi connectivity index (χ4n) is 2.56. The number of H-pyrrole nitrogens is 1. The van der Waals surface area contributed by atoms with E-state index in [4.69, 9.17) is 21.4 Å². The van der Waals surface area contributed by atoms with Gasteiger partial charge in [-0.25, -0.2) is 15.2 Å². The number of nitrogens with zero attached hydrogens (tertiary/aromatic N) is 3. The maximum atomic E-state index is 12.3. The van der Waals surface area contributed by atoms with Crippen molar-refractivity contribution in [2.75, 3.05) is 12.0 Å². The molecule has 0 aliphatic carbocycles. The molecule has 3 rings (SSSR count). The van der Waals surface area contributed by atoms with E-state index in [1.54, 1.807) is 36.4 Å². The summed E-state index contributed by atoms with van der Waals surface area (Å²) in [7, 11) is 0. The molecule has 156 valence electrons. The number of nitriles is 1. The summed E-state index contributed by atoms with van der Waals surface area (Å²) < 4.78 is 5.72. The van der Waals surface area contributed by atoms with Crippen LogP contribution in [-0.4, -0.2) is 33.9 Å². The fraction of sp³-hybridized carbons (Fsp3) is 0.0500. The molecule has 2 aromatic carbocycles. The van der Waals surface area contributed by atoms with Crippen LogP contribution in [0.15, 0.2) is 56.8 Å². The standard InChI is InChI=1S/C20H13BrClN5O4/c21-15-7-13(22)6-12(18(15)31-10-16(28)29)9-24-27-20-25-17(11-4-2-1-3-5-11)14(8-23)19(30)26-20/h1-7,9H,10H2,(H,28,29)(H2,25,26,27,30). The number of ether oxygens (including phenoxy) is 1. The molecule has 3 aromatic rings. The van der Waals surface area contributed by atoms with Gasteiger partial charge in [-0.05, 0) is 28.1 Å². The molecule has 0 fully saturated rings. The zero-order chi connectivity index (χ0) is 22.4. The van der Waals surface area contributed by atoms with Crippen molar-refractivity contribution in [1.82, 2.24) is 9.97 Å². The second-order valence-electron chi connectivity index (χ2n) is 5.97. The molecule has 0 aliphatic rings. The Morgan fingerprint density at radius 3 is 2.81 bits per heavy atom. The Bertz CT molecular complexity index is 1250. The first-order chi connectivity index (χ1) is 14.9. The Morgan fingerprint density at radius 2 is 2.13 bits per heavy atom. The van der Waals surface area contributed by atoms with Crippen molar-refractivity contribution in [3.8, 4) is 23.1 Å². The number of aliphatic carboxylic acids is 1. The number of hydrazone groups is 1. The zero-order valence-corrected chi connectivity index (χ0v) is 17.9. The van der Waals surface area contributed by atoms with Gasteiger partial charge in [0.1, 0.15) is 17.4 Å². The van der Waals surface area contributed by atoms with Crippen LogP contribution in [0.1, 0.15) is 11.1 Å². The predicted molar refractivity (Wildman–Crippen MR) is 119 cm³/mol. The number of carboxylic acids is 1. The summed E-state index contributed by atoms with van der Waals surface area (Å²) in [5.41, 5.74) is 3.04. The van der Waals surface area contributed by atoms with Crippen LogP contribution in [0.5, 0.6) is 5.75 Å². The summed E-state index contributed by atoms with van der Waals surface area (Å²) in [6.45, 7) is -0.556. The van der Waals surface area contributed by atoms with Crippen LogP contribution in [0.25, 0.3) is 11.3 Å². The second-order valence-corrected chi connectivity index (χ2v) is 7.27. The van der Waals surface area contributed by atoms with E-state index in [9.17, 15) is 14.9 Å². The van der Waals surface area contributed by atoms with Crippen molar-refractivity contribution in [1.29, 1.82) is 5.26 Å². The summed E-state index contributed by atoms with van der Waals surface area (Å²) in [6, 6.07) is 13.7. The molecule has 0 atom stereocenters. The Labute approximate surface area is 189 Å². The smallest absolute Gasteiger partial charge is 0.341 e. The third-order valence-corrected chi connectivity index (χ3v) is 4.64. The molecule has 0 bridgehead atoms. The summed E-state index contributed by atoms with van der Waals surface area (Å²) in [5, 5.41) is 22.5. The lowest BCUT2D eigenvalue weighted by Crippen LogP contribution is -2.16. The van der Waals surface area contributed by atoms with E-state index in [2.05, 4.69) is 36.4 Å². The van der Waals surface area contributed by atoms with Crippen molar-refractivity contribution >= 4 is 45.7 Å². The minimum Gasteiger partial charge on any atom is -0.480 e. The van der Waals surface area contributed by atoms with Gasteiger partial charge >= 0.3 is 5.97 Å². The zero-order valence-electron chi connectivity index (χ0n) is 15.6. The lowest BCUT2D eigenvalue weighted by Gasteiger charge is -2.10.